The normalized spacial score (nSPS) is 17.3. The molecule has 0 bridgehead atoms. The number of nitrogens with zero attached hydrogens (tertiary/aromatic N) is 2. The average Bonchev–Trinajstić information content (AvgIpc) is 3.10. The highest BCUT2D eigenvalue weighted by Crippen LogP contribution is 2.34. The van der Waals surface area contributed by atoms with Crippen LogP contribution in [0, 0.1) is 11.7 Å². The molecule has 4 rings (SSSR count). The number of anilines is 1. The molecule has 194 valence electrons. The van der Waals surface area contributed by atoms with Crippen molar-refractivity contribution in [2.24, 2.45) is 5.92 Å². The van der Waals surface area contributed by atoms with Crippen LogP contribution < -0.4 is 20.1 Å². The van der Waals surface area contributed by atoms with E-state index in [0.717, 1.165) is 23.5 Å². The molecule has 8 nitrogen and oxygen atoms in total. The average molecular weight is 499 g/mol. The fourth-order valence-electron chi connectivity index (χ4n) is 4.47. The SMILES string of the molecule is CC(C)[C@H](NC(=O)CN1CCN(CC(=O)Nc2ccc(F)cc2)CC1)c1ccc2c(c1)OCCCO2. The molecule has 0 saturated carbocycles. The molecule has 2 aliphatic rings. The first kappa shape index (κ1) is 25.9. The number of benzene rings is 2. The van der Waals surface area contributed by atoms with Gasteiger partial charge in [0.1, 0.15) is 5.82 Å². The summed E-state index contributed by atoms with van der Waals surface area (Å²) in [4.78, 5) is 29.4. The second kappa shape index (κ2) is 12.2. The van der Waals surface area contributed by atoms with Crippen LogP contribution in [0.4, 0.5) is 10.1 Å². The summed E-state index contributed by atoms with van der Waals surface area (Å²) in [5.74, 6) is 1.18. The van der Waals surface area contributed by atoms with E-state index in [0.29, 0.717) is 51.6 Å². The zero-order chi connectivity index (χ0) is 25.5. The van der Waals surface area contributed by atoms with Crippen molar-refractivity contribution in [1.29, 1.82) is 0 Å². The van der Waals surface area contributed by atoms with Crippen molar-refractivity contribution in [1.82, 2.24) is 15.1 Å². The number of hydrogen-bond donors (Lipinski definition) is 2. The van der Waals surface area contributed by atoms with Gasteiger partial charge in [0.15, 0.2) is 11.5 Å². The number of carbonyl (C=O) groups excluding carboxylic acids is 2. The third-order valence-electron chi connectivity index (χ3n) is 6.44. The van der Waals surface area contributed by atoms with Crippen molar-refractivity contribution in [3.8, 4) is 11.5 Å². The van der Waals surface area contributed by atoms with E-state index in [9.17, 15) is 14.0 Å². The Hall–Kier alpha value is -3.17. The van der Waals surface area contributed by atoms with Crippen molar-refractivity contribution < 1.29 is 23.5 Å². The maximum atomic E-state index is 13.0. The minimum Gasteiger partial charge on any atom is -0.490 e. The lowest BCUT2D eigenvalue weighted by molar-refractivity contribution is -0.124. The standard InChI is InChI=1S/C27H35FN4O4/c1-19(2)27(20-4-9-23-24(16-20)36-15-3-14-35-23)30-26(34)18-32-12-10-31(11-13-32)17-25(33)29-22-7-5-21(28)6-8-22/h4-9,16,19,27H,3,10-15,17-18H2,1-2H3,(H,29,33)(H,30,34)/t27-/m0/s1. The van der Waals surface area contributed by atoms with E-state index in [-0.39, 0.29) is 36.1 Å². The van der Waals surface area contributed by atoms with E-state index in [1.54, 1.807) is 12.1 Å². The summed E-state index contributed by atoms with van der Waals surface area (Å²) < 4.78 is 24.6. The maximum absolute atomic E-state index is 13.0. The van der Waals surface area contributed by atoms with E-state index in [4.69, 9.17) is 9.47 Å². The summed E-state index contributed by atoms with van der Waals surface area (Å²) in [6, 6.07) is 11.5. The predicted molar refractivity (Wildman–Crippen MR) is 136 cm³/mol. The van der Waals surface area contributed by atoms with Crippen LogP contribution in [0.15, 0.2) is 42.5 Å². The lowest BCUT2D eigenvalue weighted by atomic mass is 9.95. The van der Waals surface area contributed by atoms with E-state index in [1.165, 1.54) is 12.1 Å². The second-order valence-corrected chi connectivity index (χ2v) is 9.65. The Morgan fingerprint density at radius 2 is 1.50 bits per heavy atom. The lowest BCUT2D eigenvalue weighted by Gasteiger charge is -2.34. The molecule has 9 heteroatoms. The molecule has 36 heavy (non-hydrogen) atoms. The van der Waals surface area contributed by atoms with Gasteiger partial charge in [-0.2, -0.15) is 0 Å². The summed E-state index contributed by atoms with van der Waals surface area (Å²) in [6.45, 7) is 8.80. The topological polar surface area (TPSA) is 83.1 Å². The number of amides is 2. The largest absolute Gasteiger partial charge is 0.490 e. The molecule has 1 atom stereocenters. The highest BCUT2D eigenvalue weighted by Gasteiger charge is 2.24. The number of nitrogens with one attached hydrogen (secondary N) is 2. The highest BCUT2D eigenvalue weighted by atomic mass is 19.1. The fourth-order valence-corrected chi connectivity index (χ4v) is 4.47. The molecule has 2 amide bonds. The van der Waals surface area contributed by atoms with Gasteiger partial charge >= 0.3 is 0 Å². The molecule has 1 fully saturated rings. The maximum Gasteiger partial charge on any atom is 0.238 e. The molecule has 2 aliphatic heterocycles. The summed E-state index contributed by atoms with van der Waals surface area (Å²) >= 11 is 0. The molecule has 2 heterocycles. The van der Waals surface area contributed by atoms with Crippen molar-refractivity contribution >= 4 is 17.5 Å². The molecule has 2 N–H and O–H groups in total. The molecule has 0 radical (unpaired) electrons. The van der Waals surface area contributed by atoms with Gasteiger partial charge in [0.2, 0.25) is 11.8 Å². The van der Waals surface area contributed by atoms with E-state index >= 15 is 0 Å². The summed E-state index contributed by atoms with van der Waals surface area (Å²) in [5, 5.41) is 5.98. The van der Waals surface area contributed by atoms with Crippen LogP contribution in [0.5, 0.6) is 11.5 Å². The third kappa shape index (κ3) is 7.18. The number of piperazine rings is 1. The first-order valence-corrected chi connectivity index (χ1v) is 12.6. The fraction of sp³-hybridized carbons (Fsp3) is 0.481. The van der Waals surface area contributed by atoms with Crippen LogP contribution >= 0.6 is 0 Å². The Kier molecular flexibility index (Phi) is 8.77. The Bertz CT molecular complexity index is 1040. The number of carbonyl (C=O) groups is 2. The molecule has 0 unspecified atom stereocenters. The van der Waals surface area contributed by atoms with Gasteiger partial charge in [0.05, 0.1) is 32.3 Å². The number of halogens is 1. The van der Waals surface area contributed by atoms with Crippen molar-refractivity contribution in [2.75, 3.05) is 57.8 Å². The van der Waals surface area contributed by atoms with Gasteiger partial charge in [-0.3, -0.25) is 19.4 Å². The number of ether oxygens (including phenoxy) is 2. The minimum atomic E-state index is -0.338. The molecule has 0 aliphatic carbocycles. The van der Waals surface area contributed by atoms with Gasteiger partial charge in [-0.1, -0.05) is 19.9 Å². The Morgan fingerprint density at radius 1 is 0.889 bits per heavy atom. The van der Waals surface area contributed by atoms with Gasteiger partial charge in [0.25, 0.3) is 0 Å². The number of fused-ring (bicyclic) bond motifs is 1. The number of rotatable bonds is 8. The molecule has 2 aromatic rings. The third-order valence-corrected chi connectivity index (χ3v) is 6.44. The van der Waals surface area contributed by atoms with Crippen LogP contribution in [0.3, 0.4) is 0 Å². The summed E-state index contributed by atoms with van der Waals surface area (Å²) in [6.07, 6.45) is 0.848. The smallest absolute Gasteiger partial charge is 0.238 e. The molecular formula is C27H35FN4O4. The van der Waals surface area contributed by atoms with Gasteiger partial charge in [-0.15, -0.1) is 0 Å². The van der Waals surface area contributed by atoms with Gasteiger partial charge < -0.3 is 20.1 Å². The minimum absolute atomic E-state index is 0.0247. The van der Waals surface area contributed by atoms with Crippen molar-refractivity contribution in [3.63, 3.8) is 0 Å². The van der Waals surface area contributed by atoms with E-state index < -0.39 is 0 Å². The Balaban J connectivity index is 1.24. The second-order valence-electron chi connectivity index (χ2n) is 9.65. The van der Waals surface area contributed by atoms with Gasteiger partial charge in [-0.05, 0) is 47.9 Å². The zero-order valence-corrected chi connectivity index (χ0v) is 21.0. The summed E-state index contributed by atoms with van der Waals surface area (Å²) in [5.41, 5.74) is 1.57. The monoisotopic (exact) mass is 498 g/mol. The van der Waals surface area contributed by atoms with Crippen LogP contribution in [0.1, 0.15) is 31.9 Å². The first-order chi connectivity index (χ1) is 17.4. The quantitative estimate of drug-likeness (QED) is 0.582. The van der Waals surface area contributed by atoms with Gasteiger partial charge in [0, 0.05) is 38.3 Å². The summed E-state index contributed by atoms with van der Waals surface area (Å²) in [7, 11) is 0. The van der Waals surface area contributed by atoms with Gasteiger partial charge in [-0.25, -0.2) is 4.39 Å². The zero-order valence-electron chi connectivity index (χ0n) is 21.0. The highest BCUT2D eigenvalue weighted by molar-refractivity contribution is 5.92. The molecule has 2 aromatic carbocycles. The van der Waals surface area contributed by atoms with Crippen LogP contribution in [-0.2, 0) is 9.59 Å². The molecular weight excluding hydrogens is 463 g/mol. The van der Waals surface area contributed by atoms with Crippen molar-refractivity contribution in [3.05, 3.63) is 53.8 Å². The molecule has 0 aromatic heterocycles. The van der Waals surface area contributed by atoms with Crippen LogP contribution in [0.25, 0.3) is 0 Å². The van der Waals surface area contributed by atoms with E-state index in [1.807, 2.05) is 18.2 Å². The van der Waals surface area contributed by atoms with Crippen molar-refractivity contribution in [2.45, 2.75) is 26.3 Å². The van der Waals surface area contributed by atoms with Crippen LogP contribution in [0.2, 0.25) is 0 Å². The Morgan fingerprint density at radius 3 is 2.14 bits per heavy atom. The molecule has 1 saturated heterocycles. The van der Waals surface area contributed by atoms with Crippen LogP contribution in [-0.4, -0.2) is 74.1 Å². The molecule has 0 spiro atoms. The number of hydrogen-bond acceptors (Lipinski definition) is 6. The predicted octanol–water partition coefficient (Wildman–Crippen LogP) is 3.06. The first-order valence-electron chi connectivity index (χ1n) is 12.6. The Labute approximate surface area is 211 Å². The lowest BCUT2D eigenvalue weighted by Crippen LogP contribution is -2.51. The van der Waals surface area contributed by atoms with E-state index in [2.05, 4.69) is 34.3 Å².